The topological polar surface area (TPSA) is 119 Å². The van der Waals surface area contributed by atoms with E-state index in [-0.39, 0.29) is 35.1 Å². The Kier molecular flexibility index (Phi) is 5.76. The van der Waals surface area contributed by atoms with Gasteiger partial charge in [-0.2, -0.15) is 0 Å². The van der Waals surface area contributed by atoms with Gasteiger partial charge in [0, 0.05) is 5.41 Å². The SMILES string of the molecule is CC(C)(C)c1nnc(-c2cc3c(cc2F)S(=O)(=O)C[C@H](N)C(=O)N3Cc2ccc(F)c(F)c2)o1. The van der Waals surface area contributed by atoms with Gasteiger partial charge in [-0.3, -0.25) is 4.79 Å². The fourth-order valence-electron chi connectivity index (χ4n) is 3.50. The molecule has 12 heteroatoms. The second-order valence-corrected chi connectivity index (χ2v) is 11.0. The molecular weight excluding hydrogens is 473 g/mol. The minimum Gasteiger partial charge on any atom is -0.420 e. The molecule has 0 saturated heterocycles. The maximum Gasteiger partial charge on any atom is 0.250 e. The molecule has 2 aromatic carbocycles. The van der Waals surface area contributed by atoms with Gasteiger partial charge in [0.25, 0.3) is 5.89 Å². The van der Waals surface area contributed by atoms with E-state index in [1.807, 2.05) is 20.8 Å². The van der Waals surface area contributed by atoms with Crippen LogP contribution in [-0.4, -0.2) is 36.3 Å². The van der Waals surface area contributed by atoms with E-state index in [1.54, 1.807) is 0 Å². The highest BCUT2D eigenvalue weighted by Gasteiger charge is 2.37. The molecule has 180 valence electrons. The van der Waals surface area contributed by atoms with E-state index < -0.39 is 55.3 Å². The fraction of sp³-hybridized carbons (Fsp3) is 0.318. The van der Waals surface area contributed by atoms with E-state index in [0.717, 1.165) is 29.2 Å². The standard InChI is InChI=1S/C22H21F3N4O4S/c1-22(2,3)21-28-27-19(33-21)12-7-17-18(8-14(12)24)34(31,32)10-16(26)20(30)29(17)9-11-4-5-13(23)15(25)6-11/h4-8,16H,9-10,26H2,1-3H3/t16-/m0/s1. The van der Waals surface area contributed by atoms with Crippen molar-refractivity contribution >= 4 is 21.4 Å². The van der Waals surface area contributed by atoms with E-state index in [2.05, 4.69) is 10.2 Å². The number of benzene rings is 2. The number of halogens is 3. The van der Waals surface area contributed by atoms with Crippen molar-refractivity contribution in [2.75, 3.05) is 10.7 Å². The van der Waals surface area contributed by atoms with Crippen molar-refractivity contribution in [2.24, 2.45) is 5.73 Å². The van der Waals surface area contributed by atoms with Crippen molar-refractivity contribution in [3.05, 3.63) is 59.2 Å². The summed E-state index contributed by atoms with van der Waals surface area (Å²) in [6.45, 7) is 5.10. The minimum absolute atomic E-state index is 0.170. The van der Waals surface area contributed by atoms with Crippen molar-refractivity contribution < 1.29 is 30.8 Å². The van der Waals surface area contributed by atoms with Crippen LogP contribution in [0.5, 0.6) is 0 Å². The van der Waals surface area contributed by atoms with Gasteiger partial charge in [-0.15, -0.1) is 10.2 Å². The minimum atomic E-state index is -4.17. The number of carbonyl (C=O) groups is 1. The first-order valence-electron chi connectivity index (χ1n) is 10.2. The van der Waals surface area contributed by atoms with Crippen molar-refractivity contribution in [1.29, 1.82) is 0 Å². The average Bonchev–Trinajstić information content (AvgIpc) is 3.22. The van der Waals surface area contributed by atoms with Crippen LogP contribution in [-0.2, 0) is 26.6 Å². The second-order valence-electron chi connectivity index (χ2n) is 9.02. The quantitative estimate of drug-likeness (QED) is 0.594. The Morgan fingerprint density at radius 3 is 2.41 bits per heavy atom. The third-order valence-electron chi connectivity index (χ3n) is 5.28. The highest BCUT2D eigenvalue weighted by molar-refractivity contribution is 7.91. The van der Waals surface area contributed by atoms with Gasteiger partial charge in [-0.25, -0.2) is 21.6 Å². The van der Waals surface area contributed by atoms with Gasteiger partial charge in [0.05, 0.1) is 34.5 Å². The monoisotopic (exact) mass is 494 g/mol. The van der Waals surface area contributed by atoms with E-state index in [4.69, 9.17) is 10.2 Å². The number of hydrogen-bond acceptors (Lipinski definition) is 7. The summed E-state index contributed by atoms with van der Waals surface area (Å²) in [6.07, 6.45) is 0. The zero-order valence-electron chi connectivity index (χ0n) is 18.5. The Bertz CT molecular complexity index is 1400. The molecule has 1 aromatic heterocycles. The van der Waals surface area contributed by atoms with Crippen LogP contribution in [0.1, 0.15) is 32.2 Å². The lowest BCUT2D eigenvalue weighted by Gasteiger charge is -2.24. The first-order valence-corrected chi connectivity index (χ1v) is 11.8. The predicted octanol–water partition coefficient (Wildman–Crippen LogP) is 3.10. The summed E-state index contributed by atoms with van der Waals surface area (Å²) in [5.41, 5.74) is 5.06. The average molecular weight is 494 g/mol. The van der Waals surface area contributed by atoms with Crippen LogP contribution < -0.4 is 10.6 Å². The van der Waals surface area contributed by atoms with Gasteiger partial charge in [0.15, 0.2) is 21.5 Å². The number of amides is 1. The molecule has 3 aromatic rings. The Hall–Kier alpha value is -3.25. The summed E-state index contributed by atoms with van der Waals surface area (Å²) < 4.78 is 73.6. The molecule has 0 saturated carbocycles. The maximum absolute atomic E-state index is 15.1. The van der Waals surface area contributed by atoms with Gasteiger partial charge >= 0.3 is 0 Å². The molecular formula is C22H21F3N4O4S. The summed E-state index contributed by atoms with van der Waals surface area (Å²) in [7, 11) is -4.17. The molecule has 1 aliphatic heterocycles. The Morgan fingerprint density at radius 1 is 1.09 bits per heavy atom. The Labute approximate surface area is 193 Å². The third kappa shape index (κ3) is 4.30. The third-order valence-corrected chi connectivity index (χ3v) is 7.07. The van der Waals surface area contributed by atoms with Crippen LogP contribution in [0.3, 0.4) is 0 Å². The lowest BCUT2D eigenvalue weighted by atomic mass is 9.97. The van der Waals surface area contributed by atoms with Crippen LogP contribution in [0.15, 0.2) is 39.6 Å². The number of fused-ring (bicyclic) bond motifs is 1. The number of hydrogen-bond donors (Lipinski definition) is 1. The number of sulfone groups is 1. The summed E-state index contributed by atoms with van der Waals surface area (Å²) >= 11 is 0. The van der Waals surface area contributed by atoms with Gasteiger partial charge in [0.1, 0.15) is 5.82 Å². The van der Waals surface area contributed by atoms with Crippen molar-refractivity contribution in [3.63, 3.8) is 0 Å². The number of anilines is 1. The molecule has 1 aliphatic rings. The van der Waals surface area contributed by atoms with Gasteiger partial charge in [-0.1, -0.05) is 26.8 Å². The first kappa shape index (κ1) is 23.9. The van der Waals surface area contributed by atoms with E-state index >= 15 is 4.39 Å². The second kappa shape index (κ2) is 8.20. The number of rotatable bonds is 3. The molecule has 0 radical (unpaired) electrons. The lowest BCUT2D eigenvalue weighted by molar-refractivity contribution is -0.119. The molecule has 2 N–H and O–H groups in total. The first-order chi connectivity index (χ1) is 15.8. The summed E-state index contributed by atoms with van der Waals surface area (Å²) in [6, 6.07) is 3.43. The molecule has 1 amide bonds. The zero-order valence-corrected chi connectivity index (χ0v) is 19.3. The highest BCUT2D eigenvalue weighted by atomic mass is 32.2. The number of nitrogens with two attached hydrogens (primary N) is 1. The molecule has 1 atom stereocenters. The largest absolute Gasteiger partial charge is 0.420 e. The van der Waals surface area contributed by atoms with Gasteiger partial charge in [0.2, 0.25) is 11.8 Å². The highest BCUT2D eigenvalue weighted by Crippen LogP contribution is 2.37. The van der Waals surface area contributed by atoms with Crippen LogP contribution in [0.25, 0.3) is 11.5 Å². The van der Waals surface area contributed by atoms with Crippen LogP contribution >= 0.6 is 0 Å². The summed E-state index contributed by atoms with van der Waals surface area (Å²) in [4.78, 5) is 13.6. The number of aromatic nitrogens is 2. The van der Waals surface area contributed by atoms with Crippen molar-refractivity contribution in [3.8, 4) is 11.5 Å². The van der Waals surface area contributed by atoms with Crippen molar-refractivity contribution in [2.45, 2.75) is 43.7 Å². The molecule has 34 heavy (non-hydrogen) atoms. The summed E-state index contributed by atoms with van der Waals surface area (Å²) in [5, 5.41) is 7.78. The maximum atomic E-state index is 15.1. The lowest BCUT2D eigenvalue weighted by Crippen LogP contribution is -2.45. The molecule has 8 nitrogen and oxygen atoms in total. The molecule has 0 spiro atoms. The number of carbonyl (C=O) groups excluding carboxylic acids is 1. The molecule has 0 fully saturated rings. The fourth-order valence-corrected chi connectivity index (χ4v) is 5.07. The smallest absolute Gasteiger partial charge is 0.250 e. The van der Waals surface area contributed by atoms with Gasteiger partial charge < -0.3 is 15.1 Å². The normalized spacial score (nSPS) is 18.0. The van der Waals surface area contributed by atoms with E-state index in [1.165, 1.54) is 6.07 Å². The molecule has 0 bridgehead atoms. The molecule has 0 unspecified atom stereocenters. The van der Waals surface area contributed by atoms with Crippen LogP contribution in [0, 0.1) is 17.5 Å². The van der Waals surface area contributed by atoms with E-state index in [0.29, 0.717) is 0 Å². The van der Waals surface area contributed by atoms with E-state index in [9.17, 15) is 22.0 Å². The van der Waals surface area contributed by atoms with Crippen molar-refractivity contribution in [1.82, 2.24) is 10.2 Å². The Morgan fingerprint density at radius 2 is 1.79 bits per heavy atom. The zero-order chi connectivity index (χ0) is 25.0. The number of nitrogens with zero attached hydrogens (tertiary/aromatic N) is 3. The summed E-state index contributed by atoms with van der Waals surface area (Å²) in [5.74, 6) is -4.70. The van der Waals surface area contributed by atoms with Crippen LogP contribution in [0.2, 0.25) is 0 Å². The molecule has 4 rings (SSSR count). The van der Waals surface area contributed by atoms with Crippen LogP contribution in [0.4, 0.5) is 18.9 Å². The Balaban J connectivity index is 1.90. The molecule has 2 heterocycles. The molecule has 0 aliphatic carbocycles. The van der Waals surface area contributed by atoms with Gasteiger partial charge in [-0.05, 0) is 29.8 Å². The predicted molar refractivity (Wildman–Crippen MR) is 116 cm³/mol.